The van der Waals surface area contributed by atoms with E-state index in [4.69, 9.17) is 0 Å². The number of benzene rings is 8. The summed E-state index contributed by atoms with van der Waals surface area (Å²) in [7, 11) is 0. The third-order valence-corrected chi connectivity index (χ3v) is 11.0. The first kappa shape index (κ1) is 33.2. The lowest BCUT2D eigenvalue weighted by Gasteiger charge is -2.29. The molecule has 0 saturated heterocycles. The molecule has 0 N–H and O–H groups in total. The zero-order chi connectivity index (χ0) is 36.6. The summed E-state index contributed by atoms with van der Waals surface area (Å²) in [5.41, 5.74) is 15.8. The van der Waals surface area contributed by atoms with Crippen molar-refractivity contribution in [2.24, 2.45) is 0 Å². The first-order valence-corrected chi connectivity index (χ1v) is 18.8. The molecule has 0 heterocycles. The smallest absolute Gasteiger partial charge is 0.0490 e. The first-order chi connectivity index (χ1) is 26.4. The van der Waals surface area contributed by atoms with Crippen molar-refractivity contribution in [3.05, 3.63) is 216 Å². The number of rotatable bonds is 8. The van der Waals surface area contributed by atoms with Gasteiger partial charge in [0, 0.05) is 39.5 Å². The van der Waals surface area contributed by atoms with Gasteiger partial charge >= 0.3 is 0 Å². The predicted molar refractivity (Wildman–Crippen MR) is 231 cm³/mol. The highest BCUT2D eigenvalue weighted by atomic mass is 15.1. The number of anilines is 6. The Morgan fingerprint density at radius 1 is 0.389 bits per heavy atom. The van der Waals surface area contributed by atoms with Crippen LogP contribution in [-0.2, 0) is 5.41 Å². The standard InChI is InChI=1S/C52H42N2/c1-37-13-7-12-20-51(37)54(46-33-34-48-47-18-10-11-19-49(47)52(2,3)50(48)36-46)44-30-25-39(26-31-44)22-21-38-23-28-43(29-24-38)53(42-16-5-4-6-17-42)45-32-27-40-14-8-9-15-41(40)35-45/h4-36H,1-3H3/b22-21+. The summed E-state index contributed by atoms with van der Waals surface area (Å²) in [6, 6.07) is 68.0. The van der Waals surface area contributed by atoms with Gasteiger partial charge in [-0.15, -0.1) is 0 Å². The van der Waals surface area contributed by atoms with Crippen molar-refractivity contribution in [1.82, 2.24) is 0 Å². The van der Waals surface area contributed by atoms with E-state index in [0.29, 0.717) is 0 Å². The van der Waals surface area contributed by atoms with Crippen molar-refractivity contribution in [3.63, 3.8) is 0 Å². The number of fused-ring (bicyclic) bond motifs is 4. The molecule has 0 unspecified atom stereocenters. The monoisotopic (exact) mass is 694 g/mol. The molecule has 8 aromatic carbocycles. The quantitative estimate of drug-likeness (QED) is 0.146. The van der Waals surface area contributed by atoms with Crippen molar-refractivity contribution in [2.45, 2.75) is 26.2 Å². The van der Waals surface area contributed by atoms with Crippen molar-refractivity contribution in [3.8, 4) is 11.1 Å². The van der Waals surface area contributed by atoms with E-state index in [9.17, 15) is 0 Å². The molecule has 0 aromatic heterocycles. The van der Waals surface area contributed by atoms with Gasteiger partial charge in [0.2, 0.25) is 0 Å². The molecule has 0 bridgehead atoms. The molecule has 260 valence electrons. The van der Waals surface area contributed by atoms with Gasteiger partial charge in [-0.3, -0.25) is 0 Å². The van der Waals surface area contributed by atoms with Crippen LogP contribution in [0.3, 0.4) is 0 Å². The predicted octanol–water partition coefficient (Wildman–Crippen LogP) is 14.6. The third-order valence-electron chi connectivity index (χ3n) is 11.0. The highest BCUT2D eigenvalue weighted by Gasteiger charge is 2.35. The summed E-state index contributed by atoms with van der Waals surface area (Å²) < 4.78 is 0. The fourth-order valence-electron chi connectivity index (χ4n) is 8.07. The van der Waals surface area contributed by atoms with E-state index >= 15 is 0 Å². The Bertz CT molecular complexity index is 2630. The molecule has 2 heteroatoms. The van der Waals surface area contributed by atoms with Crippen LogP contribution in [0.15, 0.2) is 188 Å². The Morgan fingerprint density at radius 3 is 1.63 bits per heavy atom. The van der Waals surface area contributed by atoms with Gasteiger partial charge in [-0.1, -0.05) is 147 Å². The van der Waals surface area contributed by atoms with Crippen molar-refractivity contribution < 1.29 is 0 Å². The fourth-order valence-corrected chi connectivity index (χ4v) is 8.07. The minimum atomic E-state index is -0.0670. The van der Waals surface area contributed by atoms with Crippen LogP contribution in [0.2, 0.25) is 0 Å². The van der Waals surface area contributed by atoms with E-state index in [1.807, 2.05) is 0 Å². The zero-order valence-corrected chi connectivity index (χ0v) is 30.9. The van der Waals surface area contributed by atoms with Crippen LogP contribution < -0.4 is 9.80 Å². The van der Waals surface area contributed by atoms with Gasteiger partial charge < -0.3 is 9.80 Å². The average molecular weight is 695 g/mol. The van der Waals surface area contributed by atoms with Crippen LogP contribution in [0.4, 0.5) is 34.1 Å². The van der Waals surface area contributed by atoms with Crippen molar-refractivity contribution >= 4 is 57.0 Å². The Labute approximate surface area is 318 Å². The van der Waals surface area contributed by atoms with Gasteiger partial charge in [0.25, 0.3) is 0 Å². The number of nitrogens with zero attached hydrogens (tertiary/aromatic N) is 2. The van der Waals surface area contributed by atoms with Gasteiger partial charge in [-0.2, -0.15) is 0 Å². The molecule has 0 amide bonds. The normalized spacial score (nSPS) is 12.8. The van der Waals surface area contributed by atoms with E-state index in [0.717, 1.165) is 33.9 Å². The van der Waals surface area contributed by atoms with Gasteiger partial charge in [0.05, 0.1) is 0 Å². The maximum Gasteiger partial charge on any atom is 0.0490 e. The molecule has 0 aliphatic heterocycles. The highest BCUT2D eigenvalue weighted by Crippen LogP contribution is 2.50. The molecular formula is C52H42N2. The number of aryl methyl sites for hydroxylation is 1. The van der Waals surface area contributed by atoms with Crippen molar-refractivity contribution in [1.29, 1.82) is 0 Å². The van der Waals surface area contributed by atoms with Gasteiger partial charge in [0.15, 0.2) is 0 Å². The summed E-state index contributed by atoms with van der Waals surface area (Å²) in [5, 5.41) is 2.47. The van der Waals surface area contributed by atoms with E-state index in [-0.39, 0.29) is 5.41 Å². The van der Waals surface area contributed by atoms with Gasteiger partial charge in [-0.05, 0) is 123 Å². The van der Waals surface area contributed by atoms with Crippen LogP contribution in [0.1, 0.15) is 41.7 Å². The summed E-state index contributed by atoms with van der Waals surface area (Å²) >= 11 is 0. The molecule has 0 saturated carbocycles. The molecule has 9 rings (SSSR count). The second kappa shape index (κ2) is 13.7. The molecule has 0 radical (unpaired) electrons. The molecular weight excluding hydrogens is 653 g/mol. The molecule has 2 nitrogen and oxygen atoms in total. The number of para-hydroxylation sites is 2. The fraction of sp³-hybridized carbons (Fsp3) is 0.0769. The minimum absolute atomic E-state index is 0.0670. The van der Waals surface area contributed by atoms with Crippen LogP contribution in [-0.4, -0.2) is 0 Å². The van der Waals surface area contributed by atoms with Crippen LogP contribution >= 0.6 is 0 Å². The minimum Gasteiger partial charge on any atom is -0.310 e. The van der Waals surface area contributed by atoms with E-state index in [1.165, 1.54) is 50.0 Å². The zero-order valence-electron chi connectivity index (χ0n) is 30.9. The Balaban J connectivity index is 1.000. The van der Waals surface area contributed by atoms with Crippen LogP contribution in [0.5, 0.6) is 0 Å². The van der Waals surface area contributed by atoms with Gasteiger partial charge in [-0.25, -0.2) is 0 Å². The average Bonchev–Trinajstić information content (AvgIpc) is 3.45. The molecule has 54 heavy (non-hydrogen) atoms. The maximum atomic E-state index is 2.40. The second-order valence-corrected chi connectivity index (χ2v) is 14.7. The summed E-state index contributed by atoms with van der Waals surface area (Å²) in [5.74, 6) is 0. The molecule has 1 aliphatic rings. The second-order valence-electron chi connectivity index (χ2n) is 14.7. The van der Waals surface area contributed by atoms with Crippen LogP contribution in [0.25, 0.3) is 34.1 Å². The SMILES string of the molecule is Cc1ccccc1N(c1ccc(/C=C/c2ccc(N(c3ccccc3)c3ccc4ccccc4c3)cc2)cc1)c1ccc2c(c1)C(C)(C)c1ccccc1-2. The lowest BCUT2D eigenvalue weighted by Crippen LogP contribution is -2.16. The summed E-state index contributed by atoms with van der Waals surface area (Å²) in [6.45, 7) is 6.88. The van der Waals surface area contributed by atoms with Crippen molar-refractivity contribution in [2.75, 3.05) is 9.80 Å². The Morgan fingerprint density at radius 2 is 0.907 bits per heavy atom. The highest BCUT2D eigenvalue weighted by molar-refractivity contribution is 5.90. The molecule has 1 aliphatic carbocycles. The topological polar surface area (TPSA) is 6.48 Å². The van der Waals surface area contributed by atoms with E-state index in [1.54, 1.807) is 0 Å². The van der Waals surface area contributed by atoms with E-state index in [2.05, 4.69) is 231 Å². The lowest BCUT2D eigenvalue weighted by molar-refractivity contribution is 0.660. The first-order valence-electron chi connectivity index (χ1n) is 18.8. The largest absolute Gasteiger partial charge is 0.310 e. The molecule has 0 atom stereocenters. The molecule has 0 spiro atoms. The Kier molecular flexibility index (Phi) is 8.44. The number of hydrogen-bond donors (Lipinski definition) is 0. The lowest BCUT2D eigenvalue weighted by atomic mass is 9.82. The molecule has 0 fully saturated rings. The van der Waals surface area contributed by atoms with Crippen LogP contribution in [0, 0.1) is 6.92 Å². The summed E-state index contributed by atoms with van der Waals surface area (Å²) in [6.07, 6.45) is 4.39. The Hall–Kier alpha value is -6.64. The van der Waals surface area contributed by atoms with E-state index < -0.39 is 0 Å². The number of hydrogen-bond acceptors (Lipinski definition) is 2. The summed E-state index contributed by atoms with van der Waals surface area (Å²) in [4.78, 5) is 4.72. The molecule has 8 aromatic rings. The maximum absolute atomic E-state index is 2.40. The third kappa shape index (κ3) is 6.06. The van der Waals surface area contributed by atoms with Gasteiger partial charge in [0.1, 0.15) is 0 Å².